The van der Waals surface area contributed by atoms with Crippen molar-refractivity contribution in [2.45, 2.75) is 19.3 Å². The van der Waals surface area contributed by atoms with Crippen LogP contribution < -0.4 is 41.4 Å². The SMILES string of the molecule is C=CC(=O)c1cc(C#N)c(-c2c(OP3Oc4ccccc4Cc4cc(OC)cn43)cc(C(=O)C=C)c(C#N)c2OP2Oc3ccccc3Cc3cc(OC)cn32)c(OP2Oc3ccccc3Cc3cc(OC)cn32)c1. The van der Waals surface area contributed by atoms with Gasteiger partial charge in [-0.05, 0) is 48.6 Å². The fourth-order valence-electron chi connectivity index (χ4n) is 8.96. The van der Waals surface area contributed by atoms with Crippen molar-refractivity contribution in [2.24, 2.45) is 0 Å². The number of ketones is 2. The third kappa shape index (κ3) is 9.00. The Hall–Kier alpha value is -8.77. The van der Waals surface area contributed by atoms with Crippen LogP contribution in [0.1, 0.15) is 65.6 Å². The molecular formula is C56H42N5O11P3. The first-order valence-electron chi connectivity index (χ1n) is 23.1. The van der Waals surface area contributed by atoms with Gasteiger partial charge in [-0.3, -0.25) is 22.6 Å². The Balaban J connectivity index is 1.21. The van der Waals surface area contributed by atoms with Gasteiger partial charge in [-0.1, -0.05) is 67.8 Å². The van der Waals surface area contributed by atoms with E-state index in [4.69, 9.17) is 41.4 Å². The summed E-state index contributed by atoms with van der Waals surface area (Å²) < 4.78 is 64.5. The highest BCUT2D eigenvalue weighted by Gasteiger charge is 2.38. The van der Waals surface area contributed by atoms with Gasteiger partial charge in [0.1, 0.15) is 57.6 Å². The van der Waals surface area contributed by atoms with Crippen LogP contribution in [-0.2, 0) is 19.3 Å². The molecule has 75 heavy (non-hydrogen) atoms. The van der Waals surface area contributed by atoms with Gasteiger partial charge in [-0.2, -0.15) is 10.5 Å². The zero-order valence-electron chi connectivity index (χ0n) is 40.4. The number of fused-ring (bicyclic) bond motifs is 6. The highest BCUT2D eigenvalue weighted by Crippen LogP contribution is 2.59. The maximum Gasteiger partial charge on any atom is 0.421 e. The molecule has 16 nitrogen and oxygen atoms in total. The second-order valence-corrected chi connectivity index (χ2v) is 20.8. The Morgan fingerprint density at radius 2 is 0.987 bits per heavy atom. The van der Waals surface area contributed by atoms with Gasteiger partial charge < -0.3 is 41.4 Å². The number of methoxy groups -OCH3 is 3. The Kier molecular flexibility index (Phi) is 13.1. The van der Waals surface area contributed by atoms with Crippen molar-refractivity contribution in [3.63, 3.8) is 0 Å². The molecule has 0 saturated carbocycles. The van der Waals surface area contributed by atoms with Crippen LogP contribution in [-0.4, -0.2) is 45.9 Å². The highest BCUT2D eigenvalue weighted by atomic mass is 31.2. The fraction of sp³-hybridized carbons (Fsp3) is 0.107. The number of aromatic nitrogens is 3. The summed E-state index contributed by atoms with van der Waals surface area (Å²) in [6, 6.07) is 37.0. The van der Waals surface area contributed by atoms with Crippen molar-refractivity contribution < 1.29 is 50.9 Å². The van der Waals surface area contributed by atoms with Gasteiger partial charge in [0.05, 0.1) is 57.1 Å². The maximum atomic E-state index is 14.3. The summed E-state index contributed by atoms with van der Waals surface area (Å²) in [6.45, 7) is 7.53. The average Bonchev–Trinajstić information content (AvgIpc) is 4.10. The van der Waals surface area contributed by atoms with E-state index in [2.05, 4.69) is 25.3 Å². The lowest BCUT2D eigenvalue weighted by molar-refractivity contribution is 0.103. The molecule has 19 heteroatoms. The van der Waals surface area contributed by atoms with E-state index in [0.717, 1.165) is 45.9 Å². The molecule has 5 aromatic carbocycles. The standard InChI is InChI=1S/C56H42N5O11P3/c1-6-47(62)37-20-38(29-57)54(52(24-37)70-73-59-31-42(64-3)25-39(59)21-34-14-8-11-17-49(34)67-73)55-53(71-74-60-32-43(65-4)26-40(60)22-35-15-9-12-18-50(35)68-74)28-45(48(63)7-2)46(30-58)56(55)72-75-61-33-44(66-5)27-41(61)23-36-16-10-13-19-51(36)69-75/h6-20,24-28,31-33H,1-2,21-23H2,3-5H3. The molecule has 0 aliphatic carbocycles. The molecule has 0 amide bonds. The molecule has 0 radical (unpaired) electrons. The number of hydrogen-bond donors (Lipinski definition) is 0. The number of nitrogens with zero attached hydrogens (tertiary/aromatic N) is 5. The minimum Gasteiger partial charge on any atom is -0.495 e. The average molecular weight is 1050 g/mol. The van der Waals surface area contributed by atoms with Crippen LogP contribution >= 0.6 is 25.6 Å². The van der Waals surface area contributed by atoms with Crippen LogP contribution in [0.2, 0.25) is 0 Å². The van der Waals surface area contributed by atoms with Crippen LogP contribution in [0, 0.1) is 22.7 Å². The molecule has 6 heterocycles. The summed E-state index contributed by atoms with van der Waals surface area (Å²) >= 11 is 0. The smallest absolute Gasteiger partial charge is 0.421 e. The quantitative estimate of drug-likeness (QED) is 0.0571. The Morgan fingerprint density at radius 3 is 1.40 bits per heavy atom. The lowest BCUT2D eigenvalue weighted by Crippen LogP contribution is -2.12. The first-order chi connectivity index (χ1) is 36.6. The van der Waals surface area contributed by atoms with Crippen molar-refractivity contribution in [1.82, 2.24) is 13.0 Å². The Bertz CT molecular complexity index is 3740. The molecular weight excluding hydrogens is 1010 g/mol. The predicted octanol–water partition coefficient (Wildman–Crippen LogP) is 12.7. The van der Waals surface area contributed by atoms with Crippen LogP contribution in [0.25, 0.3) is 11.1 Å². The van der Waals surface area contributed by atoms with E-state index in [-0.39, 0.29) is 50.6 Å². The third-order valence-corrected chi connectivity index (χ3v) is 16.9. The number of allylic oxidation sites excluding steroid dienone is 2. The molecule has 3 unspecified atom stereocenters. The summed E-state index contributed by atoms with van der Waals surface area (Å²) in [7, 11) is -2.20. The molecule has 0 fully saturated rings. The van der Waals surface area contributed by atoms with Crippen molar-refractivity contribution >= 4 is 37.1 Å². The number of ether oxygens (including phenoxy) is 3. The van der Waals surface area contributed by atoms with E-state index >= 15 is 0 Å². The minimum atomic E-state index is -2.35. The van der Waals surface area contributed by atoms with E-state index in [1.165, 1.54) is 18.2 Å². The number of benzene rings is 5. The zero-order valence-corrected chi connectivity index (χ0v) is 43.1. The molecule has 3 aliphatic heterocycles. The molecule has 0 bridgehead atoms. The second kappa shape index (κ2) is 20.3. The van der Waals surface area contributed by atoms with E-state index in [0.29, 0.717) is 53.8 Å². The number of carbonyl (C=O) groups is 2. The Morgan fingerprint density at radius 1 is 0.560 bits per heavy atom. The van der Waals surface area contributed by atoms with Gasteiger partial charge in [-0.25, -0.2) is 0 Å². The van der Waals surface area contributed by atoms with Crippen LogP contribution in [0.15, 0.2) is 153 Å². The van der Waals surface area contributed by atoms with Crippen molar-refractivity contribution in [1.29, 1.82) is 10.5 Å². The van der Waals surface area contributed by atoms with E-state index in [9.17, 15) is 20.1 Å². The third-order valence-electron chi connectivity index (χ3n) is 12.6. The largest absolute Gasteiger partial charge is 0.495 e. The van der Waals surface area contributed by atoms with Crippen molar-refractivity contribution in [3.8, 4) is 75.0 Å². The summed E-state index contributed by atoms with van der Waals surface area (Å²) in [6.07, 6.45) is 8.76. The molecule has 0 N–H and O–H groups in total. The monoisotopic (exact) mass is 1050 g/mol. The Labute approximate surface area is 434 Å². The van der Waals surface area contributed by atoms with Crippen molar-refractivity contribution in [2.75, 3.05) is 21.3 Å². The molecule has 3 aliphatic rings. The number of para-hydroxylation sites is 3. The van der Waals surface area contributed by atoms with Crippen LogP contribution in [0.3, 0.4) is 0 Å². The first kappa shape index (κ1) is 48.5. The van der Waals surface area contributed by atoms with Gasteiger partial charge in [0.15, 0.2) is 17.3 Å². The van der Waals surface area contributed by atoms with Gasteiger partial charge in [0, 0.05) is 87.9 Å². The lowest BCUT2D eigenvalue weighted by Gasteiger charge is -2.27. The molecule has 0 saturated heterocycles. The van der Waals surface area contributed by atoms with E-state index < -0.39 is 37.1 Å². The number of hydrogen-bond acceptors (Lipinski definition) is 13. The summed E-state index contributed by atoms with van der Waals surface area (Å²) in [5.74, 6) is 1.61. The maximum absolute atomic E-state index is 14.3. The van der Waals surface area contributed by atoms with Crippen LogP contribution in [0.5, 0.6) is 51.7 Å². The molecule has 8 aromatic rings. The minimum absolute atomic E-state index is 0.00702. The fourth-order valence-corrected chi connectivity index (χ4v) is 13.2. The highest BCUT2D eigenvalue weighted by molar-refractivity contribution is 7.47. The lowest BCUT2D eigenvalue weighted by atomic mass is 9.90. The first-order valence-corrected chi connectivity index (χ1v) is 26.5. The van der Waals surface area contributed by atoms with Gasteiger partial charge in [0.2, 0.25) is 0 Å². The topological polar surface area (TPSA) is 180 Å². The number of nitriles is 2. The number of carbonyl (C=O) groups excluding carboxylic acids is 2. The summed E-state index contributed by atoms with van der Waals surface area (Å²) in [4.78, 5) is 28.1. The van der Waals surface area contributed by atoms with Crippen LogP contribution in [0.4, 0.5) is 0 Å². The van der Waals surface area contributed by atoms with E-state index in [1.54, 1.807) is 44.3 Å². The zero-order chi connectivity index (χ0) is 51.9. The molecule has 3 atom stereocenters. The second-order valence-electron chi connectivity index (χ2n) is 17.0. The molecule has 3 aromatic heterocycles. The predicted molar refractivity (Wildman–Crippen MR) is 282 cm³/mol. The van der Waals surface area contributed by atoms with Gasteiger partial charge >= 0.3 is 25.6 Å². The molecule has 0 spiro atoms. The van der Waals surface area contributed by atoms with Gasteiger partial charge in [0.25, 0.3) is 0 Å². The van der Waals surface area contributed by atoms with Crippen molar-refractivity contribution in [3.05, 3.63) is 209 Å². The normalized spacial score (nSPS) is 15.6. The number of rotatable bonds is 14. The summed E-state index contributed by atoms with van der Waals surface area (Å²) in [5.41, 5.74) is 4.42. The van der Waals surface area contributed by atoms with E-state index in [1.807, 2.05) is 99.7 Å². The van der Waals surface area contributed by atoms with Gasteiger partial charge in [-0.15, -0.1) is 0 Å². The molecule has 372 valence electrons. The summed E-state index contributed by atoms with van der Waals surface area (Å²) in [5, 5.41) is 22.9. The molecule has 11 rings (SSSR count).